The van der Waals surface area contributed by atoms with Gasteiger partial charge in [0.05, 0.1) is 7.11 Å². The smallest absolute Gasteiger partial charge is 0.242 e. The predicted octanol–water partition coefficient (Wildman–Crippen LogP) is 2.71. The number of hydrogen-bond acceptors (Lipinski definition) is 5. The van der Waals surface area contributed by atoms with Crippen molar-refractivity contribution in [2.75, 3.05) is 46.4 Å². The Bertz CT molecular complexity index is 800. The molecule has 1 amide bonds. The minimum Gasteiger partial charge on any atom is -0.497 e. The third-order valence-corrected chi connectivity index (χ3v) is 5.80. The standard InChI is InChI=1S/C24H31N3O3/c1-29-21-9-11-22(12-10-21)30-18-17-26-13-15-27(16-14-26)23(19-5-3-2-4-6-19)24(28)25-20-7-8-20/h2-6,9-12,20,23H,7-8,13-18H2,1H3,(H,25,28)/t23-/m0/s1. The Morgan fingerprint density at radius 1 is 1.00 bits per heavy atom. The summed E-state index contributed by atoms with van der Waals surface area (Å²) in [6, 6.07) is 18.0. The molecule has 1 aliphatic carbocycles. The fourth-order valence-corrected chi connectivity index (χ4v) is 3.88. The molecule has 4 rings (SSSR count). The molecule has 0 radical (unpaired) electrons. The highest BCUT2D eigenvalue weighted by Crippen LogP contribution is 2.26. The van der Waals surface area contributed by atoms with Crippen LogP contribution in [0, 0.1) is 0 Å². The van der Waals surface area contributed by atoms with Crippen LogP contribution in [0.3, 0.4) is 0 Å². The van der Waals surface area contributed by atoms with Crippen molar-refractivity contribution in [3.63, 3.8) is 0 Å². The van der Waals surface area contributed by atoms with Gasteiger partial charge in [-0.1, -0.05) is 30.3 Å². The third kappa shape index (κ3) is 5.52. The van der Waals surface area contributed by atoms with Crippen LogP contribution in [-0.4, -0.2) is 68.2 Å². The van der Waals surface area contributed by atoms with Gasteiger partial charge in [-0.05, 0) is 42.7 Å². The fraction of sp³-hybridized carbons (Fsp3) is 0.458. The minimum atomic E-state index is -0.204. The molecule has 1 N–H and O–H groups in total. The summed E-state index contributed by atoms with van der Waals surface area (Å²) in [6.07, 6.45) is 2.21. The van der Waals surface area contributed by atoms with Crippen LogP contribution in [0.5, 0.6) is 11.5 Å². The Balaban J connectivity index is 1.27. The molecule has 1 heterocycles. The first-order valence-corrected chi connectivity index (χ1v) is 10.8. The second kappa shape index (κ2) is 9.96. The van der Waals surface area contributed by atoms with Gasteiger partial charge >= 0.3 is 0 Å². The zero-order valence-corrected chi connectivity index (χ0v) is 17.6. The quantitative estimate of drug-likeness (QED) is 0.690. The van der Waals surface area contributed by atoms with E-state index in [0.29, 0.717) is 12.6 Å². The van der Waals surface area contributed by atoms with Gasteiger partial charge in [0, 0.05) is 38.8 Å². The molecule has 6 heteroatoms. The number of amides is 1. The molecule has 30 heavy (non-hydrogen) atoms. The van der Waals surface area contributed by atoms with Crippen molar-refractivity contribution in [3.8, 4) is 11.5 Å². The summed E-state index contributed by atoms with van der Waals surface area (Å²) in [5, 5.41) is 3.20. The molecule has 0 aromatic heterocycles. The summed E-state index contributed by atoms with van der Waals surface area (Å²) in [5.74, 6) is 1.83. The van der Waals surface area contributed by atoms with E-state index in [1.54, 1.807) is 7.11 Å². The zero-order valence-electron chi connectivity index (χ0n) is 17.6. The van der Waals surface area contributed by atoms with Crippen LogP contribution in [0.2, 0.25) is 0 Å². The molecule has 0 bridgehead atoms. The second-order valence-electron chi connectivity index (χ2n) is 8.00. The Kier molecular flexibility index (Phi) is 6.87. The molecule has 1 atom stereocenters. The molecular formula is C24H31N3O3. The molecule has 0 unspecified atom stereocenters. The summed E-state index contributed by atoms with van der Waals surface area (Å²) < 4.78 is 11.0. The molecule has 2 aliphatic rings. The van der Waals surface area contributed by atoms with Gasteiger partial charge in [-0.2, -0.15) is 0 Å². The molecule has 160 valence electrons. The van der Waals surface area contributed by atoms with E-state index in [1.165, 1.54) is 0 Å². The Morgan fingerprint density at radius 2 is 1.67 bits per heavy atom. The lowest BCUT2D eigenvalue weighted by atomic mass is 10.0. The van der Waals surface area contributed by atoms with Crippen LogP contribution >= 0.6 is 0 Å². The maximum Gasteiger partial charge on any atom is 0.242 e. The van der Waals surface area contributed by atoms with E-state index >= 15 is 0 Å². The number of carbonyl (C=O) groups is 1. The lowest BCUT2D eigenvalue weighted by molar-refractivity contribution is -0.127. The molecule has 6 nitrogen and oxygen atoms in total. The van der Waals surface area contributed by atoms with Crippen molar-refractivity contribution >= 4 is 5.91 Å². The number of nitrogens with zero attached hydrogens (tertiary/aromatic N) is 2. The van der Waals surface area contributed by atoms with Crippen LogP contribution in [0.4, 0.5) is 0 Å². The van der Waals surface area contributed by atoms with Gasteiger partial charge in [-0.25, -0.2) is 0 Å². The Hall–Kier alpha value is -2.57. The molecule has 1 saturated carbocycles. The van der Waals surface area contributed by atoms with Crippen molar-refractivity contribution < 1.29 is 14.3 Å². The molecule has 0 spiro atoms. The highest BCUT2D eigenvalue weighted by molar-refractivity contribution is 5.83. The van der Waals surface area contributed by atoms with Crippen molar-refractivity contribution in [2.45, 2.75) is 24.9 Å². The van der Waals surface area contributed by atoms with Gasteiger partial charge < -0.3 is 14.8 Å². The van der Waals surface area contributed by atoms with E-state index in [4.69, 9.17) is 9.47 Å². The van der Waals surface area contributed by atoms with Crippen LogP contribution in [0.1, 0.15) is 24.4 Å². The number of hydrogen-bond donors (Lipinski definition) is 1. The predicted molar refractivity (Wildman–Crippen MR) is 117 cm³/mol. The van der Waals surface area contributed by atoms with Gasteiger partial charge in [0.1, 0.15) is 24.1 Å². The lowest BCUT2D eigenvalue weighted by Gasteiger charge is -2.38. The van der Waals surface area contributed by atoms with E-state index in [1.807, 2.05) is 42.5 Å². The number of benzene rings is 2. The van der Waals surface area contributed by atoms with Gasteiger partial charge in [0.15, 0.2) is 0 Å². The largest absolute Gasteiger partial charge is 0.497 e. The number of ether oxygens (including phenoxy) is 2. The van der Waals surface area contributed by atoms with Gasteiger partial charge in [-0.15, -0.1) is 0 Å². The van der Waals surface area contributed by atoms with E-state index < -0.39 is 0 Å². The first-order chi connectivity index (χ1) is 14.7. The summed E-state index contributed by atoms with van der Waals surface area (Å²) in [6.45, 7) is 5.15. The summed E-state index contributed by atoms with van der Waals surface area (Å²) in [7, 11) is 1.66. The molecule has 1 aliphatic heterocycles. The van der Waals surface area contributed by atoms with Crippen molar-refractivity contribution in [3.05, 3.63) is 60.2 Å². The molecule has 1 saturated heterocycles. The second-order valence-corrected chi connectivity index (χ2v) is 8.00. The highest BCUT2D eigenvalue weighted by atomic mass is 16.5. The van der Waals surface area contributed by atoms with Crippen LogP contribution in [0.25, 0.3) is 0 Å². The average Bonchev–Trinajstić information content (AvgIpc) is 3.60. The lowest BCUT2D eigenvalue weighted by Crippen LogP contribution is -2.51. The maximum atomic E-state index is 13.0. The van der Waals surface area contributed by atoms with Crippen LogP contribution < -0.4 is 14.8 Å². The minimum absolute atomic E-state index is 0.139. The third-order valence-electron chi connectivity index (χ3n) is 5.80. The first kappa shape index (κ1) is 20.7. The van der Waals surface area contributed by atoms with E-state index in [0.717, 1.165) is 62.6 Å². The number of nitrogens with one attached hydrogen (secondary N) is 1. The van der Waals surface area contributed by atoms with E-state index in [2.05, 4.69) is 27.2 Å². The monoisotopic (exact) mass is 409 g/mol. The molecule has 2 aromatic rings. The average molecular weight is 410 g/mol. The van der Waals surface area contributed by atoms with Gasteiger partial charge in [0.25, 0.3) is 0 Å². The maximum absolute atomic E-state index is 13.0. The number of methoxy groups -OCH3 is 1. The number of piperazine rings is 1. The molecule has 2 fully saturated rings. The van der Waals surface area contributed by atoms with E-state index in [-0.39, 0.29) is 11.9 Å². The Morgan fingerprint density at radius 3 is 2.30 bits per heavy atom. The SMILES string of the molecule is COc1ccc(OCCN2CCN([C@H](C(=O)NC3CC3)c3ccccc3)CC2)cc1. The van der Waals surface area contributed by atoms with E-state index in [9.17, 15) is 4.79 Å². The Labute approximate surface area is 178 Å². The summed E-state index contributed by atoms with van der Waals surface area (Å²) in [4.78, 5) is 17.7. The van der Waals surface area contributed by atoms with Crippen molar-refractivity contribution in [2.24, 2.45) is 0 Å². The van der Waals surface area contributed by atoms with Crippen LogP contribution in [0.15, 0.2) is 54.6 Å². The number of rotatable bonds is 9. The molecular weight excluding hydrogens is 378 g/mol. The van der Waals surface area contributed by atoms with Crippen LogP contribution in [-0.2, 0) is 4.79 Å². The number of carbonyl (C=O) groups excluding carboxylic acids is 1. The summed E-state index contributed by atoms with van der Waals surface area (Å²) in [5.41, 5.74) is 1.08. The van der Waals surface area contributed by atoms with Crippen molar-refractivity contribution in [1.29, 1.82) is 0 Å². The fourth-order valence-electron chi connectivity index (χ4n) is 3.88. The van der Waals surface area contributed by atoms with Gasteiger partial charge in [-0.3, -0.25) is 14.6 Å². The van der Waals surface area contributed by atoms with Crippen molar-refractivity contribution in [1.82, 2.24) is 15.1 Å². The topological polar surface area (TPSA) is 54.0 Å². The zero-order chi connectivity index (χ0) is 20.8. The highest BCUT2D eigenvalue weighted by Gasteiger charge is 2.33. The van der Waals surface area contributed by atoms with Gasteiger partial charge in [0.2, 0.25) is 5.91 Å². The molecule has 2 aromatic carbocycles. The summed E-state index contributed by atoms with van der Waals surface area (Å²) >= 11 is 0. The normalized spacial score (nSPS) is 18.6. The first-order valence-electron chi connectivity index (χ1n) is 10.8.